The van der Waals surface area contributed by atoms with E-state index in [4.69, 9.17) is 0 Å². The minimum absolute atomic E-state index is 0.364. The maximum Gasteiger partial charge on any atom is 0.0227 e. The fourth-order valence-electron chi connectivity index (χ4n) is 2.02. The second-order valence-electron chi connectivity index (χ2n) is 7.69. The van der Waals surface area contributed by atoms with E-state index < -0.39 is 0 Å². The summed E-state index contributed by atoms with van der Waals surface area (Å²) in [4.78, 5) is 0. The van der Waals surface area contributed by atoms with E-state index in [9.17, 15) is 0 Å². The zero-order valence-corrected chi connectivity index (χ0v) is 12.7. The van der Waals surface area contributed by atoms with Crippen LogP contribution >= 0.6 is 0 Å². The predicted octanol–water partition coefficient (Wildman–Crippen LogP) is 4.82. The molecule has 1 heterocycles. The van der Waals surface area contributed by atoms with Crippen LogP contribution in [0.2, 0.25) is 0 Å². The molecule has 0 fully saturated rings. The molecule has 1 aromatic rings. The molecule has 98 valence electrons. The van der Waals surface area contributed by atoms with Gasteiger partial charge in [0.05, 0.1) is 0 Å². The molecule has 1 aromatic heterocycles. The summed E-state index contributed by atoms with van der Waals surface area (Å²) >= 11 is 0. The third-order valence-corrected chi connectivity index (χ3v) is 3.11. The van der Waals surface area contributed by atoms with Gasteiger partial charge in [-0.25, -0.2) is 0 Å². The summed E-state index contributed by atoms with van der Waals surface area (Å²) in [5.41, 5.74) is 3.73. The summed E-state index contributed by atoms with van der Waals surface area (Å²) in [5.74, 6) is 0. The van der Waals surface area contributed by atoms with Crippen LogP contribution in [0.25, 0.3) is 0 Å². The van der Waals surface area contributed by atoms with Gasteiger partial charge in [-0.1, -0.05) is 41.5 Å². The maximum absolute atomic E-state index is 2.45. The summed E-state index contributed by atoms with van der Waals surface area (Å²) in [6, 6.07) is 2.25. The lowest BCUT2D eigenvalue weighted by molar-refractivity contribution is 0.340. The van der Waals surface area contributed by atoms with Crippen molar-refractivity contribution in [2.45, 2.75) is 67.9 Å². The molecule has 0 bridgehead atoms. The van der Waals surface area contributed by atoms with Crippen molar-refractivity contribution in [2.75, 3.05) is 0 Å². The summed E-state index contributed by atoms with van der Waals surface area (Å²) in [7, 11) is 0. The van der Waals surface area contributed by atoms with Crippen molar-refractivity contribution in [3.8, 4) is 0 Å². The Balaban J connectivity index is 2.80. The van der Waals surface area contributed by atoms with Gasteiger partial charge >= 0.3 is 0 Å². The first-order valence-corrected chi connectivity index (χ1v) is 6.73. The van der Waals surface area contributed by atoms with Crippen molar-refractivity contribution in [1.29, 1.82) is 0 Å². The molecule has 0 N–H and O–H groups in total. The average molecular weight is 235 g/mol. The van der Waals surface area contributed by atoms with Crippen LogP contribution in [0.5, 0.6) is 0 Å². The van der Waals surface area contributed by atoms with Crippen molar-refractivity contribution < 1.29 is 0 Å². The fourth-order valence-corrected chi connectivity index (χ4v) is 2.02. The zero-order valence-electron chi connectivity index (χ0n) is 12.7. The van der Waals surface area contributed by atoms with E-state index in [-0.39, 0.29) is 0 Å². The predicted molar refractivity (Wildman–Crippen MR) is 76.4 cm³/mol. The van der Waals surface area contributed by atoms with Gasteiger partial charge in [0.2, 0.25) is 0 Å². The highest BCUT2D eigenvalue weighted by Crippen LogP contribution is 2.25. The molecule has 0 aromatic carbocycles. The summed E-state index contributed by atoms with van der Waals surface area (Å²) in [6.07, 6.45) is 4.65. The van der Waals surface area contributed by atoms with E-state index in [1.807, 2.05) is 0 Å². The molecule has 0 spiro atoms. The van der Waals surface area contributed by atoms with E-state index in [0.29, 0.717) is 10.8 Å². The zero-order chi connectivity index (χ0) is 13.3. The van der Waals surface area contributed by atoms with Crippen LogP contribution in [-0.2, 0) is 13.0 Å². The number of hydrogen-bond donors (Lipinski definition) is 0. The van der Waals surface area contributed by atoms with Crippen molar-refractivity contribution in [3.63, 3.8) is 0 Å². The monoisotopic (exact) mass is 235 g/mol. The van der Waals surface area contributed by atoms with Crippen LogP contribution < -0.4 is 0 Å². The molecule has 0 unspecified atom stereocenters. The van der Waals surface area contributed by atoms with Gasteiger partial charge in [-0.15, -0.1) is 0 Å². The van der Waals surface area contributed by atoms with Crippen molar-refractivity contribution in [2.24, 2.45) is 10.8 Å². The Hall–Kier alpha value is -0.720. The number of rotatable bonds is 3. The number of nitrogens with zero attached hydrogens (tertiary/aromatic N) is 1. The molecule has 0 aliphatic carbocycles. The molecule has 0 saturated heterocycles. The lowest BCUT2D eigenvalue weighted by Crippen LogP contribution is -2.16. The first kappa shape index (κ1) is 14.3. The highest BCUT2D eigenvalue weighted by atomic mass is 15.0. The van der Waals surface area contributed by atoms with Crippen LogP contribution in [0.4, 0.5) is 0 Å². The highest BCUT2D eigenvalue weighted by Gasteiger charge is 2.17. The molecule has 1 heteroatoms. The molecular formula is C16H29N. The molecule has 0 atom stereocenters. The Morgan fingerprint density at radius 1 is 1.00 bits per heavy atom. The molecule has 0 radical (unpaired) electrons. The summed E-state index contributed by atoms with van der Waals surface area (Å²) < 4.78 is 2.45. The first-order valence-electron chi connectivity index (χ1n) is 6.73. The third-order valence-electron chi connectivity index (χ3n) is 3.11. The molecule has 1 nitrogen and oxygen atoms in total. The Labute approximate surface area is 107 Å². The lowest BCUT2D eigenvalue weighted by Gasteiger charge is -2.23. The third kappa shape index (κ3) is 4.97. The van der Waals surface area contributed by atoms with Gasteiger partial charge < -0.3 is 4.57 Å². The number of aryl methyl sites for hydroxylation is 2. The second kappa shape index (κ2) is 4.88. The normalized spacial score (nSPS) is 13.1. The number of hydrogen-bond acceptors (Lipinski definition) is 0. The van der Waals surface area contributed by atoms with Crippen molar-refractivity contribution in [3.05, 3.63) is 23.5 Å². The van der Waals surface area contributed by atoms with E-state index in [0.717, 1.165) is 13.0 Å². The molecule has 0 saturated carbocycles. The van der Waals surface area contributed by atoms with Gasteiger partial charge in [-0.3, -0.25) is 0 Å². The second-order valence-corrected chi connectivity index (χ2v) is 7.69. The van der Waals surface area contributed by atoms with E-state index in [1.54, 1.807) is 0 Å². The Morgan fingerprint density at radius 3 is 2.06 bits per heavy atom. The molecule has 1 rings (SSSR count). The molecule has 17 heavy (non-hydrogen) atoms. The summed E-state index contributed by atoms with van der Waals surface area (Å²) in [6.45, 7) is 17.2. The van der Waals surface area contributed by atoms with Crippen LogP contribution in [0.1, 0.15) is 59.2 Å². The number of aromatic nitrogens is 1. The fraction of sp³-hybridized carbons (Fsp3) is 0.750. The Kier molecular flexibility index (Phi) is 4.11. The minimum Gasteiger partial charge on any atom is -0.351 e. The van der Waals surface area contributed by atoms with Gasteiger partial charge in [0.1, 0.15) is 0 Å². The van der Waals surface area contributed by atoms with Crippen LogP contribution in [-0.4, -0.2) is 4.57 Å². The van der Waals surface area contributed by atoms with E-state index >= 15 is 0 Å². The maximum atomic E-state index is 2.45. The van der Waals surface area contributed by atoms with E-state index in [1.165, 1.54) is 17.7 Å². The Bertz CT molecular complexity index is 358. The topological polar surface area (TPSA) is 4.93 Å². The van der Waals surface area contributed by atoms with Crippen molar-refractivity contribution >= 4 is 0 Å². The Morgan fingerprint density at radius 2 is 1.59 bits per heavy atom. The quantitative estimate of drug-likeness (QED) is 0.707. The van der Waals surface area contributed by atoms with Gasteiger partial charge in [-0.2, -0.15) is 0 Å². The summed E-state index contributed by atoms with van der Waals surface area (Å²) in [5, 5.41) is 0. The average Bonchev–Trinajstić information content (AvgIpc) is 2.41. The lowest BCUT2D eigenvalue weighted by atomic mass is 9.89. The first-order chi connectivity index (χ1) is 7.58. The minimum atomic E-state index is 0.364. The molecule has 0 aliphatic rings. The van der Waals surface area contributed by atoms with Gasteiger partial charge in [-0.05, 0) is 42.2 Å². The smallest absolute Gasteiger partial charge is 0.0227 e. The SMILES string of the molecule is Cc1ccn(CCC(C)(C)C)c1CC(C)(C)C. The molecular weight excluding hydrogens is 206 g/mol. The molecule has 0 amide bonds. The van der Waals surface area contributed by atoms with Crippen LogP contribution in [0.3, 0.4) is 0 Å². The van der Waals surface area contributed by atoms with E-state index in [2.05, 4.69) is 65.3 Å². The van der Waals surface area contributed by atoms with Crippen LogP contribution in [0, 0.1) is 17.8 Å². The highest BCUT2D eigenvalue weighted by molar-refractivity contribution is 5.21. The van der Waals surface area contributed by atoms with Crippen LogP contribution in [0.15, 0.2) is 12.3 Å². The van der Waals surface area contributed by atoms with Crippen molar-refractivity contribution in [1.82, 2.24) is 4.57 Å². The standard InChI is InChI=1S/C16H29N/c1-13-8-10-17(11-9-15(2,3)4)14(13)12-16(5,6)7/h8,10H,9,11-12H2,1-7H3. The van der Waals surface area contributed by atoms with Gasteiger partial charge in [0, 0.05) is 18.4 Å². The largest absolute Gasteiger partial charge is 0.351 e. The molecule has 0 aliphatic heterocycles. The van der Waals surface area contributed by atoms with Gasteiger partial charge in [0.25, 0.3) is 0 Å². The van der Waals surface area contributed by atoms with Gasteiger partial charge in [0.15, 0.2) is 0 Å².